The fourth-order valence-electron chi connectivity index (χ4n) is 1.68. The molecule has 0 amide bonds. The van der Waals surface area contributed by atoms with E-state index in [0.29, 0.717) is 6.54 Å². The van der Waals surface area contributed by atoms with E-state index in [0.717, 1.165) is 30.0 Å². The van der Waals surface area contributed by atoms with Crippen LogP contribution in [0.3, 0.4) is 0 Å². The number of nitrogens with two attached hydrogens (primary N) is 1. The van der Waals surface area contributed by atoms with Crippen LogP contribution < -0.4 is 5.73 Å². The maximum Gasteiger partial charge on any atom is 0.122 e. The highest BCUT2D eigenvalue weighted by Crippen LogP contribution is 2.13. The van der Waals surface area contributed by atoms with E-state index in [1.54, 1.807) is 18.8 Å². The molecule has 86 valence electrons. The van der Waals surface area contributed by atoms with Crippen molar-refractivity contribution in [3.63, 3.8) is 0 Å². The molecule has 0 atom stereocenters. The van der Waals surface area contributed by atoms with E-state index >= 15 is 0 Å². The number of nitrogens with zero attached hydrogens (tertiary/aromatic N) is 1. The quantitative estimate of drug-likeness (QED) is 0.837. The Morgan fingerprint density at radius 3 is 2.81 bits per heavy atom. The summed E-state index contributed by atoms with van der Waals surface area (Å²) in [6, 6.07) is 3.88. The maximum atomic E-state index is 5.61. The summed E-state index contributed by atoms with van der Waals surface area (Å²) in [5.74, 6) is 0.938. The van der Waals surface area contributed by atoms with Crippen molar-refractivity contribution in [3.05, 3.63) is 47.8 Å². The molecule has 4 nitrogen and oxygen atoms in total. The zero-order valence-electron chi connectivity index (χ0n) is 9.35. The van der Waals surface area contributed by atoms with Crippen LogP contribution in [0.4, 0.5) is 0 Å². The van der Waals surface area contributed by atoms with Crippen LogP contribution in [0.1, 0.15) is 16.9 Å². The minimum Gasteiger partial charge on any atom is -0.472 e. The number of furan rings is 2. The van der Waals surface area contributed by atoms with Gasteiger partial charge in [-0.05, 0) is 19.2 Å². The Bertz CT molecular complexity index is 420. The predicted molar refractivity (Wildman–Crippen MR) is 60.5 cm³/mol. The molecule has 0 fully saturated rings. The zero-order chi connectivity index (χ0) is 11.4. The smallest absolute Gasteiger partial charge is 0.122 e. The van der Waals surface area contributed by atoms with Crippen molar-refractivity contribution in [1.29, 1.82) is 0 Å². The van der Waals surface area contributed by atoms with Crippen molar-refractivity contribution in [2.45, 2.75) is 19.6 Å². The van der Waals surface area contributed by atoms with E-state index in [2.05, 4.69) is 4.90 Å². The van der Waals surface area contributed by atoms with Gasteiger partial charge < -0.3 is 14.6 Å². The van der Waals surface area contributed by atoms with Gasteiger partial charge in [0.2, 0.25) is 0 Å². The second-order valence-electron chi connectivity index (χ2n) is 3.88. The summed E-state index contributed by atoms with van der Waals surface area (Å²) < 4.78 is 10.4. The van der Waals surface area contributed by atoms with Crippen molar-refractivity contribution in [2.75, 3.05) is 7.05 Å². The second-order valence-corrected chi connectivity index (χ2v) is 3.88. The van der Waals surface area contributed by atoms with Gasteiger partial charge in [-0.15, -0.1) is 0 Å². The highest BCUT2D eigenvalue weighted by Gasteiger charge is 2.08. The molecule has 0 aliphatic carbocycles. The fourth-order valence-corrected chi connectivity index (χ4v) is 1.68. The molecule has 0 saturated heterocycles. The Balaban J connectivity index is 1.94. The summed E-state index contributed by atoms with van der Waals surface area (Å²) in [6.45, 7) is 2.11. The molecule has 0 aliphatic heterocycles. The molecule has 0 aromatic carbocycles. The Morgan fingerprint density at radius 1 is 1.25 bits per heavy atom. The molecule has 16 heavy (non-hydrogen) atoms. The molecule has 2 aromatic rings. The van der Waals surface area contributed by atoms with Crippen LogP contribution >= 0.6 is 0 Å². The highest BCUT2D eigenvalue weighted by atomic mass is 16.3. The molecular weight excluding hydrogens is 204 g/mol. The van der Waals surface area contributed by atoms with E-state index in [9.17, 15) is 0 Å². The average Bonchev–Trinajstić information content (AvgIpc) is 2.88. The Morgan fingerprint density at radius 2 is 2.12 bits per heavy atom. The monoisotopic (exact) mass is 220 g/mol. The van der Waals surface area contributed by atoms with Gasteiger partial charge in [-0.2, -0.15) is 0 Å². The lowest BCUT2D eigenvalue weighted by Crippen LogP contribution is -2.17. The van der Waals surface area contributed by atoms with Crippen molar-refractivity contribution in [1.82, 2.24) is 4.90 Å². The van der Waals surface area contributed by atoms with Gasteiger partial charge in [0.1, 0.15) is 5.76 Å². The predicted octanol–water partition coefficient (Wildman–Crippen LogP) is 1.96. The molecule has 2 heterocycles. The molecule has 4 heteroatoms. The number of hydrogen-bond acceptors (Lipinski definition) is 4. The van der Waals surface area contributed by atoms with Crippen LogP contribution in [0, 0.1) is 0 Å². The zero-order valence-corrected chi connectivity index (χ0v) is 9.35. The van der Waals surface area contributed by atoms with Crippen molar-refractivity contribution >= 4 is 0 Å². The first-order valence-electron chi connectivity index (χ1n) is 5.24. The van der Waals surface area contributed by atoms with Crippen molar-refractivity contribution < 1.29 is 8.83 Å². The topological polar surface area (TPSA) is 55.5 Å². The lowest BCUT2D eigenvalue weighted by Gasteiger charge is -2.14. The van der Waals surface area contributed by atoms with Gasteiger partial charge in [0, 0.05) is 24.2 Å². The molecular formula is C12H16N2O2. The molecule has 0 aliphatic rings. The second kappa shape index (κ2) is 5.01. The van der Waals surface area contributed by atoms with Crippen molar-refractivity contribution in [2.24, 2.45) is 5.73 Å². The lowest BCUT2D eigenvalue weighted by molar-refractivity contribution is 0.285. The molecule has 2 N–H and O–H groups in total. The molecule has 2 rings (SSSR count). The summed E-state index contributed by atoms with van der Waals surface area (Å²) in [6.07, 6.45) is 5.12. The van der Waals surface area contributed by atoms with E-state index < -0.39 is 0 Å². The van der Waals surface area contributed by atoms with Gasteiger partial charge in [-0.1, -0.05) is 0 Å². The molecule has 2 aromatic heterocycles. The fraction of sp³-hybridized carbons (Fsp3) is 0.333. The third-order valence-electron chi connectivity index (χ3n) is 2.50. The minimum atomic E-state index is 0.519. The Kier molecular flexibility index (Phi) is 3.44. The highest BCUT2D eigenvalue weighted by molar-refractivity contribution is 5.16. The number of hydrogen-bond donors (Lipinski definition) is 1. The van der Waals surface area contributed by atoms with E-state index in [1.165, 1.54) is 0 Å². The lowest BCUT2D eigenvalue weighted by atomic mass is 10.2. The summed E-state index contributed by atoms with van der Waals surface area (Å²) in [5, 5.41) is 0. The molecule has 0 bridgehead atoms. The van der Waals surface area contributed by atoms with Gasteiger partial charge >= 0.3 is 0 Å². The third kappa shape index (κ3) is 2.53. The van der Waals surface area contributed by atoms with Crippen LogP contribution in [0.25, 0.3) is 0 Å². The Labute approximate surface area is 94.6 Å². The normalized spacial score (nSPS) is 11.2. The third-order valence-corrected chi connectivity index (χ3v) is 2.50. The van der Waals surface area contributed by atoms with Gasteiger partial charge in [0.15, 0.2) is 0 Å². The molecule has 0 spiro atoms. The van der Waals surface area contributed by atoms with E-state index in [4.69, 9.17) is 14.6 Å². The first-order valence-corrected chi connectivity index (χ1v) is 5.24. The first kappa shape index (κ1) is 11.0. The van der Waals surface area contributed by atoms with Crippen LogP contribution in [0.5, 0.6) is 0 Å². The van der Waals surface area contributed by atoms with Gasteiger partial charge in [-0.25, -0.2) is 0 Å². The van der Waals surface area contributed by atoms with Crippen molar-refractivity contribution in [3.8, 4) is 0 Å². The van der Waals surface area contributed by atoms with Crippen LogP contribution in [0.15, 0.2) is 39.8 Å². The van der Waals surface area contributed by atoms with E-state index in [-0.39, 0.29) is 0 Å². The molecule has 0 unspecified atom stereocenters. The standard InChI is InChI=1S/C12H16N2O2/c1-14(7-10-2-4-15-9-10)8-12-11(6-13)3-5-16-12/h2-5,9H,6-8,13H2,1H3. The van der Waals surface area contributed by atoms with E-state index in [1.807, 2.05) is 19.2 Å². The van der Waals surface area contributed by atoms with Gasteiger partial charge in [0.25, 0.3) is 0 Å². The first-order chi connectivity index (χ1) is 7.79. The van der Waals surface area contributed by atoms with Crippen LogP contribution in [0.2, 0.25) is 0 Å². The summed E-state index contributed by atoms with van der Waals surface area (Å²) >= 11 is 0. The average molecular weight is 220 g/mol. The van der Waals surface area contributed by atoms with Gasteiger partial charge in [-0.3, -0.25) is 4.90 Å². The van der Waals surface area contributed by atoms with Crippen LogP contribution in [-0.2, 0) is 19.6 Å². The summed E-state index contributed by atoms with van der Waals surface area (Å²) in [5.41, 5.74) is 7.84. The summed E-state index contributed by atoms with van der Waals surface area (Å²) in [4.78, 5) is 2.16. The van der Waals surface area contributed by atoms with Crippen LogP contribution in [-0.4, -0.2) is 11.9 Å². The molecule has 0 saturated carbocycles. The minimum absolute atomic E-state index is 0.519. The molecule has 0 radical (unpaired) electrons. The maximum absolute atomic E-state index is 5.61. The SMILES string of the molecule is CN(Cc1ccoc1)Cc1occc1CN. The number of rotatable bonds is 5. The largest absolute Gasteiger partial charge is 0.472 e. The summed E-state index contributed by atoms with van der Waals surface area (Å²) in [7, 11) is 2.04. The van der Waals surface area contributed by atoms with Gasteiger partial charge in [0.05, 0.1) is 25.3 Å². The Hall–Kier alpha value is -1.52.